The number of anilines is 2. The molecule has 2 heterocycles. The van der Waals surface area contributed by atoms with Gasteiger partial charge in [0.1, 0.15) is 0 Å². The van der Waals surface area contributed by atoms with Crippen molar-refractivity contribution in [2.24, 2.45) is 0 Å². The molecular weight excluding hydrogens is 304 g/mol. The highest BCUT2D eigenvalue weighted by Crippen LogP contribution is 2.20. The zero-order valence-corrected chi connectivity index (χ0v) is 14.4. The van der Waals surface area contributed by atoms with E-state index in [1.807, 2.05) is 4.90 Å². The second-order valence-corrected chi connectivity index (χ2v) is 6.42. The van der Waals surface area contributed by atoms with Crippen molar-refractivity contribution < 1.29 is 4.79 Å². The molecule has 2 aliphatic rings. The molecule has 1 amide bonds. The molecule has 1 aliphatic carbocycles. The van der Waals surface area contributed by atoms with Crippen molar-refractivity contribution in [3.63, 3.8) is 0 Å². The first-order valence-electron chi connectivity index (χ1n) is 8.84. The van der Waals surface area contributed by atoms with Gasteiger partial charge in [0, 0.05) is 39.6 Å². The molecule has 7 nitrogen and oxygen atoms in total. The van der Waals surface area contributed by atoms with Crippen molar-refractivity contribution in [3.8, 4) is 0 Å². The number of hydrogen-bond donors (Lipinski definition) is 1. The third-order valence-electron chi connectivity index (χ3n) is 4.71. The fraction of sp³-hybridized carbons (Fsp3) is 0.647. The van der Waals surface area contributed by atoms with Crippen molar-refractivity contribution in [2.75, 3.05) is 42.9 Å². The van der Waals surface area contributed by atoms with Gasteiger partial charge in [-0.05, 0) is 32.1 Å². The average molecular weight is 330 g/mol. The first-order valence-corrected chi connectivity index (χ1v) is 8.84. The third kappa shape index (κ3) is 4.43. The maximum Gasteiger partial charge on any atom is 0.244 e. The lowest BCUT2D eigenvalue weighted by molar-refractivity contribution is -0.129. The Hall–Kier alpha value is -2.18. The molecule has 1 aliphatic heterocycles. The van der Waals surface area contributed by atoms with Crippen molar-refractivity contribution in [1.29, 1.82) is 0 Å². The summed E-state index contributed by atoms with van der Waals surface area (Å²) in [6, 6.07) is 0. The molecule has 24 heavy (non-hydrogen) atoms. The molecule has 1 saturated heterocycles. The van der Waals surface area contributed by atoms with E-state index in [0.717, 1.165) is 45.0 Å². The van der Waals surface area contributed by atoms with Crippen LogP contribution in [0.1, 0.15) is 39.0 Å². The summed E-state index contributed by atoms with van der Waals surface area (Å²) in [6.07, 6.45) is 10.2. The van der Waals surface area contributed by atoms with Crippen molar-refractivity contribution >= 4 is 17.7 Å². The van der Waals surface area contributed by atoms with Crippen LogP contribution in [0.2, 0.25) is 0 Å². The Morgan fingerprint density at radius 2 is 2.08 bits per heavy atom. The van der Waals surface area contributed by atoms with Crippen molar-refractivity contribution in [3.05, 3.63) is 17.8 Å². The quantitative estimate of drug-likeness (QED) is 0.831. The standard InChI is InChI=1S/C17H26N6O/c1-14(24)22-9-11-23(12-10-22)16-13-19-21-17(20-16)18-8-7-15-5-3-2-4-6-15/h5,13H,2-4,6-12H2,1H3,(H,18,20,21). The lowest BCUT2D eigenvalue weighted by Crippen LogP contribution is -2.48. The van der Waals surface area contributed by atoms with Gasteiger partial charge in [0.05, 0.1) is 6.20 Å². The lowest BCUT2D eigenvalue weighted by Gasteiger charge is -2.34. The van der Waals surface area contributed by atoms with Crippen LogP contribution in [-0.4, -0.2) is 58.7 Å². The van der Waals surface area contributed by atoms with Gasteiger partial charge in [-0.2, -0.15) is 10.1 Å². The van der Waals surface area contributed by atoms with Gasteiger partial charge >= 0.3 is 0 Å². The number of amides is 1. The van der Waals surface area contributed by atoms with E-state index in [1.165, 1.54) is 25.7 Å². The van der Waals surface area contributed by atoms with E-state index in [1.54, 1.807) is 18.7 Å². The van der Waals surface area contributed by atoms with E-state index < -0.39 is 0 Å². The van der Waals surface area contributed by atoms with E-state index in [4.69, 9.17) is 0 Å². The van der Waals surface area contributed by atoms with E-state index >= 15 is 0 Å². The Morgan fingerprint density at radius 3 is 2.79 bits per heavy atom. The number of carbonyl (C=O) groups is 1. The molecule has 1 fully saturated rings. The Morgan fingerprint density at radius 1 is 1.25 bits per heavy atom. The van der Waals surface area contributed by atoms with E-state index in [2.05, 4.69) is 31.5 Å². The minimum atomic E-state index is 0.134. The molecule has 1 aromatic heterocycles. The number of rotatable bonds is 5. The first kappa shape index (κ1) is 16.7. The fourth-order valence-electron chi connectivity index (χ4n) is 3.24. The Bertz CT molecular complexity index is 594. The minimum absolute atomic E-state index is 0.134. The minimum Gasteiger partial charge on any atom is -0.353 e. The summed E-state index contributed by atoms with van der Waals surface area (Å²) < 4.78 is 0. The molecule has 0 atom stereocenters. The van der Waals surface area contributed by atoms with Gasteiger partial charge in [0.25, 0.3) is 0 Å². The molecule has 3 rings (SSSR count). The zero-order valence-electron chi connectivity index (χ0n) is 14.4. The van der Waals surface area contributed by atoms with Crippen molar-refractivity contribution in [2.45, 2.75) is 39.0 Å². The molecule has 0 unspecified atom stereocenters. The summed E-state index contributed by atoms with van der Waals surface area (Å²) in [4.78, 5) is 20.0. The summed E-state index contributed by atoms with van der Waals surface area (Å²) in [5.74, 6) is 1.54. The summed E-state index contributed by atoms with van der Waals surface area (Å²) in [5, 5.41) is 11.4. The maximum atomic E-state index is 11.4. The second-order valence-electron chi connectivity index (χ2n) is 6.42. The maximum absolute atomic E-state index is 11.4. The summed E-state index contributed by atoms with van der Waals surface area (Å²) >= 11 is 0. The van der Waals surface area contributed by atoms with Crippen LogP contribution < -0.4 is 10.2 Å². The van der Waals surface area contributed by atoms with Gasteiger partial charge < -0.3 is 15.1 Å². The number of nitrogens with one attached hydrogen (secondary N) is 1. The summed E-state index contributed by atoms with van der Waals surface area (Å²) in [5.41, 5.74) is 1.54. The van der Waals surface area contributed by atoms with Crippen LogP contribution in [0.15, 0.2) is 17.8 Å². The number of carbonyl (C=O) groups excluding carboxylic acids is 1. The molecule has 0 bridgehead atoms. The van der Waals surface area contributed by atoms with Gasteiger partial charge in [-0.1, -0.05) is 11.6 Å². The van der Waals surface area contributed by atoms with Crippen LogP contribution in [0, 0.1) is 0 Å². The lowest BCUT2D eigenvalue weighted by atomic mass is 9.97. The van der Waals surface area contributed by atoms with Gasteiger partial charge in [-0.3, -0.25) is 4.79 Å². The summed E-state index contributed by atoms with van der Waals surface area (Å²) in [7, 11) is 0. The number of aromatic nitrogens is 3. The smallest absolute Gasteiger partial charge is 0.244 e. The van der Waals surface area contributed by atoms with Crippen LogP contribution >= 0.6 is 0 Å². The van der Waals surface area contributed by atoms with Gasteiger partial charge in [-0.25, -0.2) is 0 Å². The Kier molecular flexibility index (Phi) is 5.61. The highest BCUT2D eigenvalue weighted by atomic mass is 16.2. The monoisotopic (exact) mass is 330 g/mol. The van der Waals surface area contributed by atoms with E-state index in [-0.39, 0.29) is 5.91 Å². The molecular formula is C17H26N6O. The van der Waals surface area contributed by atoms with Crippen LogP contribution in [-0.2, 0) is 4.79 Å². The number of nitrogens with zero attached hydrogens (tertiary/aromatic N) is 5. The number of hydrogen-bond acceptors (Lipinski definition) is 6. The normalized spacial score (nSPS) is 18.3. The third-order valence-corrected chi connectivity index (χ3v) is 4.71. The molecule has 1 aromatic rings. The molecule has 0 spiro atoms. The van der Waals surface area contributed by atoms with E-state index in [9.17, 15) is 4.79 Å². The first-order chi connectivity index (χ1) is 11.7. The van der Waals surface area contributed by atoms with Crippen molar-refractivity contribution in [1.82, 2.24) is 20.1 Å². The molecule has 0 radical (unpaired) electrons. The molecule has 7 heteroatoms. The molecule has 0 saturated carbocycles. The van der Waals surface area contributed by atoms with Crippen LogP contribution in [0.5, 0.6) is 0 Å². The van der Waals surface area contributed by atoms with Crippen LogP contribution in [0.3, 0.4) is 0 Å². The second kappa shape index (κ2) is 8.08. The van der Waals surface area contributed by atoms with Gasteiger partial charge in [-0.15, -0.1) is 5.10 Å². The fourth-order valence-corrected chi connectivity index (χ4v) is 3.24. The van der Waals surface area contributed by atoms with E-state index in [0.29, 0.717) is 5.95 Å². The Balaban J connectivity index is 1.51. The largest absolute Gasteiger partial charge is 0.353 e. The number of allylic oxidation sites excluding steroid dienone is 1. The van der Waals surface area contributed by atoms with Crippen LogP contribution in [0.25, 0.3) is 0 Å². The SMILES string of the molecule is CC(=O)N1CCN(c2cnnc(NCCC3=CCCCC3)n2)CC1. The summed E-state index contributed by atoms with van der Waals surface area (Å²) in [6.45, 7) is 5.49. The Labute approximate surface area is 143 Å². The van der Waals surface area contributed by atoms with Gasteiger partial charge in [0.2, 0.25) is 11.9 Å². The molecule has 0 aromatic carbocycles. The van der Waals surface area contributed by atoms with Gasteiger partial charge in [0.15, 0.2) is 5.82 Å². The zero-order chi connectivity index (χ0) is 16.8. The predicted molar refractivity (Wildman–Crippen MR) is 94.0 cm³/mol. The highest BCUT2D eigenvalue weighted by molar-refractivity contribution is 5.73. The topological polar surface area (TPSA) is 74.2 Å². The molecule has 1 N–H and O–H groups in total. The highest BCUT2D eigenvalue weighted by Gasteiger charge is 2.20. The predicted octanol–water partition coefficient (Wildman–Crippen LogP) is 1.84. The van der Waals surface area contributed by atoms with Crippen LogP contribution in [0.4, 0.5) is 11.8 Å². The average Bonchev–Trinajstić information content (AvgIpc) is 2.63. The molecule has 130 valence electrons. The number of piperazine rings is 1.